The minimum atomic E-state index is -0.694. The average molecular weight is 816 g/mol. The Labute approximate surface area is 348 Å². The number of H-pyrrole nitrogens is 2. The highest BCUT2D eigenvalue weighted by molar-refractivity contribution is 5.91. The Morgan fingerprint density at radius 2 is 1.38 bits per heavy atom. The molecule has 60 heavy (non-hydrogen) atoms. The summed E-state index contributed by atoms with van der Waals surface area (Å²) in [5.74, 6) is 1.07. The third-order valence-corrected chi connectivity index (χ3v) is 11.2. The van der Waals surface area contributed by atoms with Crippen molar-refractivity contribution >= 4 is 57.0 Å². The van der Waals surface area contributed by atoms with Crippen molar-refractivity contribution < 1.29 is 28.7 Å². The minimum Gasteiger partial charge on any atom is -0.453 e. The van der Waals surface area contributed by atoms with Crippen LogP contribution in [0.15, 0.2) is 66.9 Å². The van der Waals surface area contributed by atoms with E-state index in [2.05, 4.69) is 73.1 Å². The summed E-state index contributed by atoms with van der Waals surface area (Å²) in [6.07, 6.45) is 4.59. The number of pyridine rings is 1. The Kier molecular flexibility index (Phi) is 12.6. The molecule has 15 nitrogen and oxygen atoms in total. The number of methoxy groups -OCH3 is 2. The predicted octanol–water partition coefficient (Wildman–Crippen LogP) is 7.19. The van der Waals surface area contributed by atoms with E-state index in [9.17, 15) is 19.2 Å². The fourth-order valence-electron chi connectivity index (χ4n) is 7.84. The van der Waals surface area contributed by atoms with Crippen LogP contribution in [0.25, 0.3) is 55.2 Å². The second kappa shape index (κ2) is 18.2. The van der Waals surface area contributed by atoms with Crippen LogP contribution in [-0.2, 0) is 25.5 Å². The van der Waals surface area contributed by atoms with Crippen molar-refractivity contribution in [3.8, 4) is 22.3 Å². The lowest BCUT2D eigenvalue weighted by molar-refractivity contribution is -0.135. The first-order valence-corrected chi connectivity index (χ1v) is 20.6. The molecule has 0 bridgehead atoms. The van der Waals surface area contributed by atoms with E-state index in [1.807, 2.05) is 57.0 Å². The van der Waals surface area contributed by atoms with E-state index in [1.165, 1.54) is 14.2 Å². The van der Waals surface area contributed by atoms with Gasteiger partial charge < -0.3 is 40.3 Å². The molecule has 1 saturated heterocycles. The van der Waals surface area contributed by atoms with Crippen molar-refractivity contribution in [1.29, 1.82) is 0 Å². The molecule has 3 aromatic heterocycles. The van der Waals surface area contributed by atoms with Crippen LogP contribution in [0.3, 0.4) is 0 Å². The van der Waals surface area contributed by atoms with Crippen LogP contribution < -0.4 is 16.0 Å². The first kappa shape index (κ1) is 41.6. The number of rotatable bonds is 14. The van der Waals surface area contributed by atoms with E-state index in [1.54, 1.807) is 0 Å². The number of amides is 4. The Bertz CT molecular complexity index is 2530. The van der Waals surface area contributed by atoms with Crippen LogP contribution in [0.5, 0.6) is 0 Å². The van der Waals surface area contributed by atoms with Crippen LogP contribution in [0.4, 0.5) is 9.59 Å². The van der Waals surface area contributed by atoms with Crippen molar-refractivity contribution in [3.05, 3.63) is 78.5 Å². The van der Waals surface area contributed by atoms with E-state index in [0.717, 1.165) is 99.0 Å². The van der Waals surface area contributed by atoms with Gasteiger partial charge in [0.1, 0.15) is 23.7 Å². The molecule has 4 heterocycles. The van der Waals surface area contributed by atoms with E-state index in [4.69, 9.17) is 19.7 Å². The van der Waals surface area contributed by atoms with E-state index in [-0.39, 0.29) is 29.7 Å². The molecule has 4 amide bonds. The average Bonchev–Trinajstić information content (AvgIpc) is 4.01. The van der Waals surface area contributed by atoms with Gasteiger partial charge in [-0.05, 0) is 90.6 Å². The van der Waals surface area contributed by atoms with Crippen LogP contribution >= 0.6 is 0 Å². The normalized spacial score (nSPS) is 15.1. The first-order chi connectivity index (χ1) is 28.9. The molecule has 314 valence electrons. The number of aromatic nitrogens is 5. The quantitative estimate of drug-likeness (QED) is 0.0708. The van der Waals surface area contributed by atoms with Crippen molar-refractivity contribution in [2.24, 2.45) is 11.8 Å². The summed E-state index contributed by atoms with van der Waals surface area (Å²) in [6, 6.07) is 19.2. The minimum absolute atomic E-state index is 0.0740. The van der Waals surface area contributed by atoms with Gasteiger partial charge in [-0.2, -0.15) is 0 Å². The number of ether oxygens (including phenoxy) is 2. The van der Waals surface area contributed by atoms with Crippen LogP contribution in [-0.4, -0.2) is 93.2 Å². The van der Waals surface area contributed by atoms with Gasteiger partial charge in [0, 0.05) is 36.7 Å². The largest absolute Gasteiger partial charge is 0.453 e. The number of imidazole rings is 2. The molecular formula is C45H53N9O6. The van der Waals surface area contributed by atoms with Crippen LogP contribution in [0.2, 0.25) is 0 Å². The summed E-state index contributed by atoms with van der Waals surface area (Å²) in [5, 5.41) is 9.23. The summed E-state index contributed by atoms with van der Waals surface area (Å²) in [4.78, 5) is 73.2. The van der Waals surface area contributed by atoms with E-state index < -0.39 is 24.3 Å². The highest BCUT2D eigenvalue weighted by Gasteiger charge is 2.37. The Morgan fingerprint density at radius 3 is 2.08 bits per heavy atom. The number of fused-ring (bicyclic) bond motifs is 3. The summed E-state index contributed by atoms with van der Waals surface area (Å²) in [7, 11) is 2.57. The number of hydrogen-bond acceptors (Lipinski definition) is 9. The van der Waals surface area contributed by atoms with E-state index >= 15 is 0 Å². The third-order valence-electron chi connectivity index (χ3n) is 11.2. The smallest absolute Gasteiger partial charge is 0.407 e. The van der Waals surface area contributed by atoms with Gasteiger partial charge in [0.2, 0.25) is 11.8 Å². The molecule has 6 aromatic rings. The molecule has 1 aliphatic heterocycles. The highest BCUT2D eigenvalue weighted by Crippen LogP contribution is 2.34. The molecule has 7 rings (SSSR count). The zero-order chi connectivity index (χ0) is 42.5. The number of aryl methyl sites for hydroxylation is 1. The molecular weight excluding hydrogens is 763 g/mol. The maximum atomic E-state index is 13.6. The summed E-state index contributed by atoms with van der Waals surface area (Å²) >= 11 is 0. The topological polar surface area (TPSA) is 196 Å². The lowest BCUT2D eigenvalue weighted by atomic mass is 10.0. The molecule has 0 saturated carbocycles. The Morgan fingerprint density at radius 1 is 0.750 bits per heavy atom. The number of nitrogens with one attached hydrogen (secondary N) is 5. The van der Waals surface area contributed by atoms with Crippen molar-refractivity contribution in [1.82, 2.24) is 45.8 Å². The summed E-state index contributed by atoms with van der Waals surface area (Å²) in [6.45, 7) is 8.64. The number of aromatic amines is 2. The molecule has 15 heteroatoms. The maximum absolute atomic E-state index is 13.6. The van der Waals surface area contributed by atoms with E-state index in [0.29, 0.717) is 13.1 Å². The summed E-state index contributed by atoms with van der Waals surface area (Å²) in [5.41, 5.74) is 8.48. The monoisotopic (exact) mass is 815 g/mol. The molecule has 0 spiro atoms. The number of nitrogens with zero attached hydrogens (tertiary/aromatic N) is 4. The number of carbonyl (C=O) groups is 4. The summed E-state index contributed by atoms with van der Waals surface area (Å²) < 4.78 is 9.42. The molecule has 1 fully saturated rings. The SMILES string of the molecule is COC(=O)N[C@H](C(=O)NCCCCc1nc2ccc(-c3ccc4cc(-c5ccc6nc([C@@H]7CCCN7C(=O)[C@@H](NC(=O)OC)C(C)C)[nH]c6c5)cnc4c3)cc2[nH]1)C(C)C. The maximum Gasteiger partial charge on any atom is 0.407 e. The number of alkyl carbamates (subject to hydrolysis) is 2. The van der Waals surface area contributed by atoms with Gasteiger partial charge in [0.15, 0.2) is 0 Å². The molecule has 0 unspecified atom stereocenters. The lowest BCUT2D eigenvalue weighted by Gasteiger charge is -2.29. The molecule has 0 aliphatic carbocycles. The zero-order valence-corrected chi connectivity index (χ0v) is 34.9. The molecule has 5 N–H and O–H groups in total. The van der Waals surface area contributed by atoms with Gasteiger partial charge >= 0.3 is 12.2 Å². The number of carbonyl (C=O) groups excluding carboxylic acids is 4. The van der Waals surface area contributed by atoms with Gasteiger partial charge in [0.05, 0.1) is 47.8 Å². The zero-order valence-electron chi connectivity index (χ0n) is 34.9. The second-order valence-corrected chi connectivity index (χ2v) is 16.1. The van der Waals surface area contributed by atoms with Gasteiger partial charge in [-0.1, -0.05) is 52.0 Å². The third kappa shape index (κ3) is 9.19. The standard InChI is InChI=1S/C45H53N9O6/c1-25(2)39(52-44(57)59-5)42(55)46-18-8-7-11-38-48-32-16-14-28(22-35(32)49-38)27-12-13-30-20-31(24-47-34(30)21-27)29-15-17-33-36(23-29)51-41(50-33)37-10-9-19-54(37)43(56)40(26(3)4)53-45(58)60-6/h12-17,20-26,37,39-40H,7-11,18-19H2,1-6H3,(H,46,55)(H,48,49)(H,50,51)(H,52,57)(H,53,58)/t37-,39-,40-/m0/s1. The lowest BCUT2D eigenvalue weighted by Crippen LogP contribution is -2.51. The van der Waals surface area contributed by atoms with Gasteiger partial charge in [-0.25, -0.2) is 19.6 Å². The first-order valence-electron chi connectivity index (χ1n) is 20.6. The van der Waals surface area contributed by atoms with Gasteiger partial charge in [-0.15, -0.1) is 0 Å². The van der Waals surface area contributed by atoms with Crippen LogP contribution in [0.1, 0.15) is 71.1 Å². The van der Waals surface area contributed by atoms with Crippen molar-refractivity contribution in [2.75, 3.05) is 27.3 Å². The van der Waals surface area contributed by atoms with Gasteiger partial charge in [-0.3, -0.25) is 14.6 Å². The molecule has 3 atom stereocenters. The predicted molar refractivity (Wildman–Crippen MR) is 230 cm³/mol. The number of likely N-dealkylation sites (tertiary alicyclic amines) is 1. The number of unbranched alkanes of at least 4 members (excludes halogenated alkanes) is 1. The number of hydrogen-bond donors (Lipinski definition) is 5. The Balaban J connectivity index is 0.991. The van der Waals surface area contributed by atoms with Crippen molar-refractivity contribution in [3.63, 3.8) is 0 Å². The fourth-order valence-corrected chi connectivity index (χ4v) is 7.84. The highest BCUT2D eigenvalue weighted by atomic mass is 16.5. The van der Waals surface area contributed by atoms with Crippen molar-refractivity contribution in [2.45, 2.75) is 77.9 Å². The van der Waals surface area contributed by atoms with Crippen LogP contribution in [0, 0.1) is 11.8 Å². The Hall–Kier alpha value is -6.51. The molecule has 3 aromatic carbocycles. The second-order valence-electron chi connectivity index (χ2n) is 16.1. The molecule has 0 radical (unpaired) electrons. The fraction of sp³-hybridized carbons (Fsp3) is 0.400. The molecule has 1 aliphatic rings. The van der Waals surface area contributed by atoms with Gasteiger partial charge in [0.25, 0.3) is 0 Å². The number of benzene rings is 3.